The van der Waals surface area contributed by atoms with Crippen LogP contribution in [-0.2, 0) is 6.42 Å². The minimum absolute atomic E-state index is 0.753. The van der Waals surface area contributed by atoms with Crippen LogP contribution in [-0.4, -0.2) is 46.3 Å². The number of aromatic nitrogens is 4. The van der Waals surface area contributed by atoms with Gasteiger partial charge in [-0.15, -0.1) is 21.5 Å². The Morgan fingerprint density at radius 3 is 2.54 bits per heavy atom. The Morgan fingerprint density at radius 2 is 1.71 bits per heavy atom. The lowest BCUT2D eigenvalue weighted by Crippen LogP contribution is -2.46. The zero-order chi connectivity index (χ0) is 18.9. The first-order chi connectivity index (χ1) is 13.8. The molecule has 0 amide bonds. The smallest absolute Gasteiger partial charge is 0.208 e. The highest BCUT2D eigenvalue weighted by Crippen LogP contribution is 2.30. The van der Waals surface area contributed by atoms with E-state index in [1.54, 1.807) is 29.0 Å². The molecule has 142 valence electrons. The highest BCUT2D eigenvalue weighted by Gasteiger charge is 2.22. The number of fused-ring (bicyclic) bond motifs is 1. The van der Waals surface area contributed by atoms with Gasteiger partial charge in [0.25, 0.3) is 0 Å². The Morgan fingerprint density at radius 1 is 0.929 bits per heavy atom. The Balaban J connectivity index is 1.25. The molecular formula is C19H17ClN6S2. The third kappa shape index (κ3) is 3.55. The van der Waals surface area contributed by atoms with Crippen molar-refractivity contribution in [2.45, 2.75) is 6.42 Å². The highest BCUT2D eigenvalue weighted by molar-refractivity contribution is 7.17. The first kappa shape index (κ1) is 17.8. The lowest BCUT2D eigenvalue weighted by Gasteiger charge is -2.35. The van der Waals surface area contributed by atoms with E-state index in [9.17, 15) is 0 Å². The van der Waals surface area contributed by atoms with E-state index < -0.39 is 0 Å². The summed E-state index contributed by atoms with van der Waals surface area (Å²) >= 11 is 9.33. The number of anilines is 2. The van der Waals surface area contributed by atoms with Crippen molar-refractivity contribution in [2.75, 3.05) is 36.0 Å². The van der Waals surface area contributed by atoms with Crippen LogP contribution in [0.4, 0.5) is 10.9 Å². The van der Waals surface area contributed by atoms with Gasteiger partial charge in [0.05, 0.1) is 10.2 Å². The molecule has 0 radical (unpaired) electrons. The first-order valence-electron chi connectivity index (χ1n) is 9.01. The van der Waals surface area contributed by atoms with E-state index in [0.29, 0.717) is 0 Å². The van der Waals surface area contributed by atoms with Gasteiger partial charge in [0, 0.05) is 37.6 Å². The molecule has 1 aromatic carbocycles. The summed E-state index contributed by atoms with van der Waals surface area (Å²) in [5.41, 5.74) is 2.22. The topological polar surface area (TPSA) is 58.0 Å². The van der Waals surface area contributed by atoms with Crippen LogP contribution in [0.15, 0.2) is 42.0 Å². The molecule has 3 aromatic heterocycles. The molecule has 1 aliphatic heterocycles. The van der Waals surface area contributed by atoms with Gasteiger partial charge < -0.3 is 9.80 Å². The van der Waals surface area contributed by atoms with Crippen molar-refractivity contribution in [1.29, 1.82) is 0 Å². The van der Waals surface area contributed by atoms with E-state index >= 15 is 0 Å². The molecule has 1 fully saturated rings. The molecule has 0 aliphatic carbocycles. The zero-order valence-corrected chi connectivity index (χ0v) is 17.3. The van der Waals surface area contributed by atoms with Crippen LogP contribution >= 0.6 is 34.3 Å². The van der Waals surface area contributed by atoms with E-state index in [0.717, 1.165) is 63.8 Å². The number of hydrogen-bond acceptors (Lipinski definition) is 8. The molecule has 9 heteroatoms. The van der Waals surface area contributed by atoms with E-state index in [2.05, 4.69) is 35.3 Å². The average molecular weight is 429 g/mol. The van der Waals surface area contributed by atoms with Crippen LogP contribution in [0.25, 0.3) is 10.2 Å². The fourth-order valence-corrected chi connectivity index (χ4v) is 5.24. The van der Waals surface area contributed by atoms with Gasteiger partial charge in [-0.3, -0.25) is 0 Å². The predicted octanol–water partition coefficient (Wildman–Crippen LogP) is 4.11. The number of hydrogen-bond donors (Lipinski definition) is 0. The average Bonchev–Trinajstić information content (AvgIpc) is 3.39. The lowest BCUT2D eigenvalue weighted by molar-refractivity contribution is 0.645. The molecule has 6 nitrogen and oxygen atoms in total. The summed E-state index contributed by atoms with van der Waals surface area (Å²) in [5.74, 6) is 1.04. The molecule has 28 heavy (non-hydrogen) atoms. The minimum Gasteiger partial charge on any atom is -0.352 e. The standard InChI is InChI=1S/C19H17ClN6S2/c20-14-3-1-13(2-4-14)11-16-23-24-19(28-16)26-8-6-25(7-9-26)18-17-15(5-10-27-17)21-12-22-18/h1-5,10,12H,6-9,11H2. The van der Waals surface area contributed by atoms with Crippen molar-refractivity contribution < 1.29 is 0 Å². The van der Waals surface area contributed by atoms with Crippen LogP contribution < -0.4 is 9.80 Å². The fourth-order valence-electron chi connectivity index (χ4n) is 3.33. The Hall–Kier alpha value is -2.29. The molecule has 0 atom stereocenters. The molecule has 1 saturated heterocycles. The SMILES string of the molecule is Clc1ccc(Cc2nnc(N3CCN(c4ncnc5ccsc45)CC3)s2)cc1. The lowest BCUT2D eigenvalue weighted by atomic mass is 10.2. The monoisotopic (exact) mass is 428 g/mol. The molecule has 0 bridgehead atoms. The minimum atomic E-state index is 0.753. The fraction of sp³-hybridized carbons (Fsp3) is 0.263. The van der Waals surface area contributed by atoms with E-state index in [1.807, 2.05) is 30.3 Å². The van der Waals surface area contributed by atoms with Gasteiger partial charge in [-0.1, -0.05) is 35.1 Å². The van der Waals surface area contributed by atoms with Crippen molar-refractivity contribution in [3.8, 4) is 0 Å². The Labute approximate surface area is 175 Å². The van der Waals surface area contributed by atoms with Gasteiger partial charge in [0.15, 0.2) is 0 Å². The number of thiophene rings is 1. The van der Waals surface area contributed by atoms with Gasteiger partial charge in [0.2, 0.25) is 5.13 Å². The Bertz CT molecular complexity index is 1090. The third-order valence-corrected chi connectivity index (χ3v) is 6.93. The summed E-state index contributed by atoms with van der Waals surface area (Å²) < 4.78 is 1.16. The van der Waals surface area contributed by atoms with Crippen molar-refractivity contribution >= 4 is 55.4 Å². The van der Waals surface area contributed by atoms with Crippen molar-refractivity contribution in [2.24, 2.45) is 0 Å². The van der Waals surface area contributed by atoms with Crippen LogP contribution in [0.3, 0.4) is 0 Å². The molecule has 4 heterocycles. The van der Waals surface area contributed by atoms with Gasteiger partial charge in [-0.2, -0.15) is 0 Å². The largest absolute Gasteiger partial charge is 0.352 e. The third-order valence-electron chi connectivity index (χ3n) is 4.80. The quantitative estimate of drug-likeness (QED) is 0.487. The second-order valence-corrected chi connectivity index (χ2v) is 8.98. The molecule has 0 N–H and O–H groups in total. The van der Waals surface area contributed by atoms with Crippen molar-refractivity contribution in [1.82, 2.24) is 20.2 Å². The second-order valence-electron chi connectivity index (χ2n) is 6.59. The second kappa shape index (κ2) is 7.62. The maximum atomic E-state index is 5.96. The van der Waals surface area contributed by atoms with Gasteiger partial charge in [0.1, 0.15) is 17.2 Å². The molecular weight excluding hydrogens is 412 g/mol. The first-order valence-corrected chi connectivity index (χ1v) is 11.1. The van der Waals surface area contributed by atoms with Gasteiger partial charge in [-0.05, 0) is 29.1 Å². The summed E-state index contributed by atoms with van der Waals surface area (Å²) in [4.78, 5) is 13.5. The van der Waals surface area contributed by atoms with Crippen molar-refractivity contribution in [3.63, 3.8) is 0 Å². The molecule has 0 unspecified atom stereocenters. The van der Waals surface area contributed by atoms with Crippen LogP contribution in [0.1, 0.15) is 10.6 Å². The molecule has 5 rings (SSSR count). The maximum Gasteiger partial charge on any atom is 0.208 e. The summed E-state index contributed by atoms with van der Waals surface area (Å²) in [7, 11) is 0. The molecule has 0 spiro atoms. The van der Waals surface area contributed by atoms with Crippen LogP contribution in [0.5, 0.6) is 0 Å². The summed E-state index contributed by atoms with van der Waals surface area (Å²) in [6.07, 6.45) is 2.44. The normalized spacial score (nSPS) is 14.8. The number of benzene rings is 1. The number of rotatable bonds is 4. The molecule has 4 aromatic rings. The van der Waals surface area contributed by atoms with Crippen molar-refractivity contribution in [3.05, 3.63) is 57.6 Å². The van der Waals surface area contributed by atoms with Gasteiger partial charge in [-0.25, -0.2) is 9.97 Å². The Kier molecular flexibility index (Phi) is 4.84. The summed E-state index contributed by atoms with van der Waals surface area (Å²) in [6.45, 7) is 3.64. The maximum absolute atomic E-state index is 5.96. The molecule has 1 aliphatic rings. The summed E-state index contributed by atoms with van der Waals surface area (Å²) in [6, 6.07) is 9.95. The number of nitrogens with zero attached hydrogens (tertiary/aromatic N) is 6. The van der Waals surface area contributed by atoms with Gasteiger partial charge >= 0.3 is 0 Å². The van der Waals surface area contributed by atoms with Crippen LogP contribution in [0, 0.1) is 0 Å². The number of piperazine rings is 1. The number of halogens is 1. The highest BCUT2D eigenvalue weighted by atomic mass is 35.5. The predicted molar refractivity (Wildman–Crippen MR) is 116 cm³/mol. The summed E-state index contributed by atoms with van der Waals surface area (Å²) in [5, 5.41) is 13.6. The molecule has 0 saturated carbocycles. The van der Waals surface area contributed by atoms with E-state index in [-0.39, 0.29) is 0 Å². The zero-order valence-electron chi connectivity index (χ0n) is 15.0. The van der Waals surface area contributed by atoms with E-state index in [1.165, 1.54) is 5.56 Å². The van der Waals surface area contributed by atoms with Crippen LogP contribution in [0.2, 0.25) is 5.02 Å². The van der Waals surface area contributed by atoms with E-state index in [4.69, 9.17) is 11.6 Å².